The van der Waals surface area contributed by atoms with Crippen LogP contribution < -0.4 is 11.1 Å². The number of amides is 1. The molecule has 0 radical (unpaired) electrons. The molecule has 3 N–H and O–H groups in total. The number of carbonyl (C=O) groups is 1. The third-order valence-corrected chi connectivity index (χ3v) is 4.12. The predicted molar refractivity (Wildman–Crippen MR) is 80.0 cm³/mol. The fourth-order valence-electron chi connectivity index (χ4n) is 2.40. The molecule has 112 valence electrons. The Hall–Kier alpha value is -0.610. The van der Waals surface area contributed by atoms with Crippen molar-refractivity contribution in [2.75, 3.05) is 26.2 Å². The summed E-state index contributed by atoms with van der Waals surface area (Å²) in [5, 5.41) is 3.30. The van der Waals surface area contributed by atoms with E-state index in [1.165, 1.54) is 19.4 Å². The number of hydrogen-bond acceptors (Lipinski definition) is 3. The highest BCUT2D eigenvalue weighted by atomic mass is 16.1. The third kappa shape index (κ3) is 5.91. The first kappa shape index (κ1) is 16.4. The Balaban J connectivity index is 2.31. The van der Waals surface area contributed by atoms with Crippen molar-refractivity contribution in [3.8, 4) is 0 Å². The molecular formula is C15H31N3O. The monoisotopic (exact) mass is 269 g/mol. The fraction of sp³-hybridized carbons (Fsp3) is 0.933. The number of carbonyl (C=O) groups excluding carboxylic acids is 1. The normalized spacial score (nSPS) is 18.5. The van der Waals surface area contributed by atoms with Gasteiger partial charge in [0.15, 0.2) is 0 Å². The first-order chi connectivity index (χ1) is 9.01. The fourth-order valence-corrected chi connectivity index (χ4v) is 2.40. The molecule has 0 heterocycles. The van der Waals surface area contributed by atoms with E-state index in [1.54, 1.807) is 0 Å². The van der Waals surface area contributed by atoms with E-state index in [4.69, 9.17) is 5.73 Å². The van der Waals surface area contributed by atoms with Gasteiger partial charge in [0, 0.05) is 6.54 Å². The topological polar surface area (TPSA) is 58.4 Å². The molecule has 1 rings (SSSR count). The molecule has 0 spiro atoms. The summed E-state index contributed by atoms with van der Waals surface area (Å²) >= 11 is 0. The molecule has 1 fully saturated rings. The second-order valence-corrected chi connectivity index (χ2v) is 6.06. The molecule has 0 saturated heterocycles. The summed E-state index contributed by atoms with van der Waals surface area (Å²) in [7, 11) is 0. The summed E-state index contributed by atoms with van der Waals surface area (Å²) < 4.78 is 0. The predicted octanol–water partition coefficient (Wildman–Crippen LogP) is 1.74. The number of nitrogens with two attached hydrogens (primary N) is 1. The molecule has 0 bridgehead atoms. The van der Waals surface area contributed by atoms with E-state index in [1.807, 2.05) is 6.92 Å². The van der Waals surface area contributed by atoms with E-state index >= 15 is 0 Å². The van der Waals surface area contributed by atoms with Crippen LogP contribution in [0.2, 0.25) is 0 Å². The highest BCUT2D eigenvalue weighted by Gasteiger charge is 2.30. The minimum absolute atomic E-state index is 0.230. The number of primary amides is 1. The zero-order valence-electron chi connectivity index (χ0n) is 12.9. The van der Waals surface area contributed by atoms with Gasteiger partial charge in [0.25, 0.3) is 0 Å². The second kappa shape index (κ2) is 7.85. The highest BCUT2D eigenvalue weighted by Crippen LogP contribution is 2.29. The van der Waals surface area contributed by atoms with Gasteiger partial charge in [-0.05, 0) is 64.6 Å². The van der Waals surface area contributed by atoms with Crippen LogP contribution in [-0.2, 0) is 4.79 Å². The smallest absolute Gasteiger partial charge is 0.237 e. The molecule has 1 saturated carbocycles. The van der Waals surface area contributed by atoms with Crippen LogP contribution in [0, 0.1) is 5.92 Å². The molecule has 19 heavy (non-hydrogen) atoms. The first-order valence-electron chi connectivity index (χ1n) is 7.79. The van der Waals surface area contributed by atoms with Crippen molar-refractivity contribution in [1.29, 1.82) is 0 Å². The quantitative estimate of drug-likeness (QED) is 0.601. The maximum atomic E-state index is 11.6. The van der Waals surface area contributed by atoms with Crippen LogP contribution in [0.15, 0.2) is 0 Å². The van der Waals surface area contributed by atoms with Gasteiger partial charge in [0.2, 0.25) is 5.91 Å². The van der Waals surface area contributed by atoms with Gasteiger partial charge in [0.05, 0.1) is 5.54 Å². The van der Waals surface area contributed by atoms with E-state index in [9.17, 15) is 4.79 Å². The van der Waals surface area contributed by atoms with Gasteiger partial charge >= 0.3 is 0 Å². The average molecular weight is 269 g/mol. The van der Waals surface area contributed by atoms with Crippen LogP contribution in [0.4, 0.5) is 0 Å². The number of rotatable bonds is 11. The Morgan fingerprint density at radius 2 is 2.11 bits per heavy atom. The summed E-state index contributed by atoms with van der Waals surface area (Å²) in [4.78, 5) is 14.1. The van der Waals surface area contributed by atoms with Crippen molar-refractivity contribution in [2.45, 2.75) is 58.4 Å². The van der Waals surface area contributed by atoms with Gasteiger partial charge in [-0.15, -0.1) is 0 Å². The molecule has 1 unspecified atom stereocenters. The Bertz CT molecular complexity index is 279. The molecular weight excluding hydrogens is 238 g/mol. The largest absolute Gasteiger partial charge is 0.368 e. The van der Waals surface area contributed by atoms with Gasteiger partial charge in [-0.1, -0.05) is 13.8 Å². The van der Waals surface area contributed by atoms with Gasteiger partial charge in [-0.25, -0.2) is 0 Å². The van der Waals surface area contributed by atoms with E-state index in [0.717, 1.165) is 44.8 Å². The van der Waals surface area contributed by atoms with E-state index in [0.29, 0.717) is 0 Å². The molecule has 4 nitrogen and oxygen atoms in total. The lowest BCUT2D eigenvalue weighted by molar-refractivity contribution is -0.124. The second-order valence-electron chi connectivity index (χ2n) is 6.06. The Morgan fingerprint density at radius 1 is 1.42 bits per heavy atom. The van der Waals surface area contributed by atoms with Gasteiger partial charge in [-0.3, -0.25) is 4.79 Å². The molecule has 1 aliphatic rings. The SMILES string of the molecule is CCCNC(C)(CCCN(CC)CC1CC1)C(N)=O. The lowest BCUT2D eigenvalue weighted by Crippen LogP contribution is -2.53. The summed E-state index contributed by atoms with van der Waals surface area (Å²) in [6.45, 7) is 10.5. The first-order valence-corrected chi connectivity index (χ1v) is 7.79. The van der Waals surface area contributed by atoms with Crippen molar-refractivity contribution in [3.63, 3.8) is 0 Å². The zero-order valence-corrected chi connectivity index (χ0v) is 12.9. The lowest BCUT2D eigenvalue weighted by atomic mass is 9.94. The van der Waals surface area contributed by atoms with Gasteiger partial charge in [-0.2, -0.15) is 0 Å². The summed E-state index contributed by atoms with van der Waals surface area (Å²) in [5.41, 5.74) is 4.99. The number of nitrogens with zero attached hydrogens (tertiary/aromatic N) is 1. The van der Waals surface area contributed by atoms with Crippen LogP contribution in [-0.4, -0.2) is 42.5 Å². The van der Waals surface area contributed by atoms with Crippen LogP contribution >= 0.6 is 0 Å². The van der Waals surface area contributed by atoms with Crippen molar-refractivity contribution in [2.24, 2.45) is 11.7 Å². The number of nitrogens with one attached hydrogen (secondary N) is 1. The Labute approximate surface area is 118 Å². The third-order valence-electron chi connectivity index (χ3n) is 4.12. The highest BCUT2D eigenvalue weighted by molar-refractivity contribution is 5.84. The minimum Gasteiger partial charge on any atom is -0.368 e. The van der Waals surface area contributed by atoms with E-state index < -0.39 is 5.54 Å². The van der Waals surface area contributed by atoms with E-state index in [2.05, 4.69) is 24.1 Å². The number of hydrogen-bond donors (Lipinski definition) is 2. The summed E-state index contributed by atoms with van der Waals surface area (Å²) in [6.07, 6.45) is 5.66. The maximum absolute atomic E-state index is 11.6. The van der Waals surface area contributed by atoms with Crippen LogP contribution in [0.25, 0.3) is 0 Å². The van der Waals surface area contributed by atoms with Crippen LogP contribution in [0.3, 0.4) is 0 Å². The maximum Gasteiger partial charge on any atom is 0.237 e. The van der Waals surface area contributed by atoms with Crippen molar-refractivity contribution in [1.82, 2.24) is 10.2 Å². The van der Waals surface area contributed by atoms with E-state index in [-0.39, 0.29) is 5.91 Å². The summed E-state index contributed by atoms with van der Waals surface area (Å²) in [6, 6.07) is 0. The molecule has 1 atom stereocenters. The molecule has 1 aliphatic carbocycles. The summed E-state index contributed by atoms with van der Waals surface area (Å²) in [5.74, 6) is 0.701. The zero-order chi connectivity index (χ0) is 14.3. The van der Waals surface area contributed by atoms with Crippen LogP contribution in [0.1, 0.15) is 52.9 Å². The van der Waals surface area contributed by atoms with Gasteiger partial charge in [0.1, 0.15) is 0 Å². The molecule has 0 aromatic heterocycles. The van der Waals surface area contributed by atoms with Gasteiger partial charge < -0.3 is 16.0 Å². The molecule has 0 aliphatic heterocycles. The van der Waals surface area contributed by atoms with Crippen LogP contribution in [0.5, 0.6) is 0 Å². The minimum atomic E-state index is -0.547. The molecule has 0 aromatic rings. The lowest BCUT2D eigenvalue weighted by Gasteiger charge is -2.29. The van der Waals surface area contributed by atoms with Crippen molar-refractivity contribution in [3.05, 3.63) is 0 Å². The Morgan fingerprint density at radius 3 is 2.58 bits per heavy atom. The average Bonchev–Trinajstić information content (AvgIpc) is 3.18. The molecule has 1 amide bonds. The molecule has 4 heteroatoms. The van der Waals surface area contributed by atoms with Crippen molar-refractivity contribution >= 4 is 5.91 Å². The standard InChI is InChI=1S/C15H31N3O/c1-4-10-17-15(3,14(16)19)9-6-11-18(5-2)12-13-7-8-13/h13,17H,4-12H2,1-3H3,(H2,16,19). The van der Waals surface area contributed by atoms with Crippen molar-refractivity contribution < 1.29 is 4.79 Å². The molecule has 0 aromatic carbocycles. The Kier molecular flexibility index (Phi) is 6.80.